The molecule has 0 amide bonds. The molecule has 3 aromatic rings. The van der Waals surface area contributed by atoms with Crippen molar-refractivity contribution in [2.24, 2.45) is 0 Å². The van der Waals surface area contributed by atoms with E-state index in [1.165, 1.54) is 0 Å². The monoisotopic (exact) mass is 274 g/mol. The molecule has 4 N–H and O–H groups in total. The quantitative estimate of drug-likeness (QED) is 0.629. The molecule has 0 radical (unpaired) electrons. The lowest BCUT2D eigenvalue weighted by atomic mass is 10.2. The molecule has 0 bridgehead atoms. The van der Waals surface area contributed by atoms with Crippen molar-refractivity contribution in [3.63, 3.8) is 0 Å². The van der Waals surface area contributed by atoms with Crippen LogP contribution in [0.15, 0.2) is 25.8 Å². The molecule has 104 valence electrons. The fourth-order valence-electron chi connectivity index (χ4n) is 1.95. The van der Waals surface area contributed by atoms with Crippen LogP contribution in [-0.4, -0.2) is 9.97 Å². The molecule has 0 aliphatic carbocycles. The number of rotatable bonds is 3. The Kier molecular flexibility index (Phi) is 2.74. The van der Waals surface area contributed by atoms with Gasteiger partial charge in [0.05, 0.1) is 29.1 Å². The number of H-pyrrole nitrogens is 1. The lowest BCUT2D eigenvalue weighted by molar-refractivity contribution is 0.478. The maximum absolute atomic E-state index is 11.1. The Bertz CT molecular complexity index is 808. The summed E-state index contributed by atoms with van der Waals surface area (Å²) in [5.74, 6) is 0.875. The summed E-state index contributed by atoms with van der Waals surface area (Å²) in [4.78, 5) is 18.0. The lowest BCUT2D eigenvalue weighted by Gasteiger charge is -2.06. The van der Waals surface area contributed by atoms with Crippen LogP contribution in [0, 0.1) is 13.8 Å². The molecular formula is C13H14N4O3. The van der Waals surface area contributed by atoms with Crippen molar-refractivity contribution in [3.05, 3.63) is 40.0 Å². The number of oxazole rings is 2. The van der Waals surface area contributed by atoms with Crippen molar-refractivity contribution < 1.29 is 8.83 Å². The van der Waals surface area contributed by atoms with Gasteiger partial charge in [-0.1, -0.05) is 0 Å². The highest BCUT2D eigenvalue weighted by molar-refractivity contribution is 5.85. The van der Waals surface area contributed by atoms with Crippen molar-refractivity contribution in [1.29, 1.82) is 0 Å². The number of aryl methyl sites for hydroxylation is 2. The predicted octanol–water partition coefficient (Wildman–Crippen LogP) is 1.92. The normalized spacial score (nSPS) is 11.1. The zero-order valence-corrected chi connectivity index (χ0v) is 11.1. The van der Waals surface area contributed by atoms with Crippen LogP contribution in [0.4, 0.5) is 11.4 Å². The predicted molar refractivity (Wildman–Crippen MR) is 74.6 cm³/mol. The number of aromatic nitrogens is 2. The minimum absolute atomic E-state index is 0.409. The van der Waals surface area contributed by atoms with Crippen LogP contribution in [-0.2, 0) is 6.54 Å². The van der Waals surface area contributed by atoms with Gasteiger partial charge in [0.25, 0.3) is 0 Å². The molecule has 20 heavy (non-hydrogen) atoms. The van der Waals surface area contributed by atoms with E-state index in [1.54, 1.807) is 12.1 Å². The van der Waals surface area contributed by atoms with Crippen LogP contribution in [0.5, 0.6) is 0 Å². The molecule has 2 aromatic heterocycles. The third-order valence-electron chi connectivity index (χ3n) is 3.09. The third-order valence-corrected chi connectivity index (χ3v) is 3.09. The molecule has 0 aliphatic rings. The Balaban J connectivity index is 1.86. The fourth-order valence-corrected chi connectivity index (χ4v) is 1.95. The van der Waals surface area contributed by atoms with E-state index in [2.05, 4.69) is 15.3 Å². The SMILES string of the molecule is Cc1nc(CNc2cc3[nH]c(=O)oc3cc2N)oc1C. The molecular weight excluding hydrogens is 260 g/mol. The molecule has 7 heteroatoms. The van der Waals surface area contributed by atoms with Gasteiger partial charge in [0.1, 0.15) is 5.76 Å². The average molecular weight is 274 g/mol. The maximum atomic E-state index is 11.1. The Morgan fingerprint density at radius 2 is 2.15 bits per heavy atom. The summed E-state index contributed by atoms with van der Waals surface area (Å²) in [6.45, 7) is 4.16. The maximum Gasteiger partial charge on any atom is 0.417 e. The summed E-state index contributed by atoms with van der Waals surface area (Å²) in [6.07, 6.45) is 0. The van der Waals surface area contributed by atoms with E-state index in [0.29, 0.717) is 34.9 Å². The molecule has 0 atom stereocenters. The highest BCUT2D eigenvalue weighted by Gasteiger charge is 2.09. The number of nitrogens with one attached hydrogen (secondary N) is 2. The minimum atomic E-state index is -0.504. The zero-order valence-electron chi connectivity index (χ0n) is 11.1. The molecule has 0 aliphatic heterocycles. The van der Waals surface area contributed by atoms with Crippen molar-refractivity contribution in [2.45, 2.75) is 20.4 Å². The summed E-state index contributed by atoms with van der Waals surface area (Å²) >= 11 is 0. The summed E-state index contributed by atoms with van der Waals surface area (Å²) < 4.78 is 10.4. The summed E-state index contributed by atoms with van der Waals surface area (Å²) in [5, 5.41) is 3.13. The van der Waals surface area contributed by atoms with Crippen LogP contribution in [0.1, 0.15) is 17.3 Å². The average Bonchev–Trinajstić information content (AvgIpc) is 2.89. The second-order valence-corrected chi connectivity index (χ2v) is 4.55. The summed E-state index contributed by atoms with van der Waals surface area (Å²) in [6, 6.07) is 3.32. The second-order valence-electron chi connectivity index (χ2n) is 4.55. The molecule has 0 fully saturated rings. The van der Waals surface area contributed by atoms with Crippen molar-refractivity contribution in [1.82, 2.24) is 9.97 Å². The first-order chi connectivity index (χ1) is 9.52. The summed E-state index contributed by atoms with van der Waals surface area (Å²) in [7, 11) is 0. The number of hydrogen-bond acceptors (Lipinski definition) is 6. The lowest BCUT2D eigenvalue weighted by Crippen LogP contribution is -2.02. The first-order valence-corrected chi connectivity index (χ1v) is 6.12. The third kappa shape index (κ3) is 2.13. The van der Waals surface area contributed by atoms with Gasteiger partial charge in [-0.25, -0.2) is 9.78 Å². The number of anilines is 2. The number of benzene rings is 1. The van der Waals surface area contributed by atoms with Crippen LogP contribution in [0.2, 0.25) is 0 Å². The number of fused-ring (bicyclic) bond motifs is 1. The smallest absolute Gasteiger partial charge is 0.417 e. The highest BCUT2D eigenvalue weighted by atomic mass is 16.4. The molecule has 0 spiro atoms. The number of nitrogens with two attached hydrogens (primary N) is 1. The second kappa shape index (κ2) is 4.44. The first kappa shape index (κ1) is 12.3. The molecule has 0 saturated carbocycles. The van der Waals surface area contributed by atoms with Crippen molar-refractivity contribution in [2.75, 3.05) is 11.1 Å². The standard InChI is InChI=1S/C13H14N4O3/c1-6-7(2)19-12(16-6)5-15-9-4-10-11(3-8(9)14)20-13(18)17-10/h3-4,15H,5,14H2,1-2H3,(H,17,18). The first-order valence-electron chi connectivity index (χ1n) is 6.12. The van der Waals surface area contributed by atoms with Gasteiger partial charge in [-0.3, -0.25) is 4.98 Å². The van der Waals surface area contributed by atoms with Gasteiger partial charge in [-0.05, 0) is 19.9 Å². The Morgan fingerprint density at radius 3 is 2.85 bits per heavy atom. The highest BCUT2D eigenvalue weighted by Crippen LogP contribution is 2.25. The van der Waals surface area contributed by atoms with E-state index in [9.17, 15) is 4.79 Å². The van der Waals surface area contributed by atoms with Crippen LogP contribution in [0.3, 0.4) is 0 Å². The van der Waals surface area contributed by atoms with E-state index in [0.717, 1.165) is 11.5 Å². The molecule has 0 unspecified atom stereocenters. The largest absolute Gasteiger partial charge is 0.444 e. The van der Waals surface area contributed by atoms with Gasteiger partial charge in [-0.2, -0.15) is 0 Å². The van der Waals surface area contributed by atoms with Gasteiger partial charge in [0.2, 0.25) is 5.89 Å². The minimum Gasteiger partial charge on any atom is -0.444 e. The van der Waals surface area contributed by atoms with E-state index < -0.39 is 5.76 Å². The Hall–Kier alpha value is -2.70. The Morgan fingerprint density at radius 1 is 1.35 bits per heavy atom. The molecule has 0 saturated heterocycles. The molecule has 1 aromatic carbocycles. The van der Waals surface area contributed by atoms with E-state index >= 15 is 0 Å². The van der Waals surface area contributed by atoms with Gasteiger partial charge in [-0.15, -0.1) is 0 Å². The van der Waals surface area contributed by atoms with E-state index in [1.807, 2.05) is 13.8 Å². The van der Waals surface area contributed by atoms with Gasteiger partial charge < -0.3 is 19.9 Å². The van der Waals surface area contributed by atoms with Crippen LogP contribution >= 0.6 is 0 Å². The van der Waals surface area contributed by atoms with Gasteiger partial charge >= 0.3 is 5.76 Å². The van der Waals surface area contributed by atoms with Crippen LogP contribution in [0.25, 0.3) is 11.1 Å². The van der Waals surface area contributed by atoms with Gasteiger partial charge in [0, 0.05) is 6.07 Å². The molecule has 3 rings (SSSR count). The zero-order chi connectivity index (χ0) is 14.3. The van der Waals surface area contributed by atoms with Crippen molar-refractivity contribution >= 4 is 22.5 Å². The number of aromatic amines is 1. The fraction of sp³-hybridized carbons (Fsp3) is 0.231. The molecule has 2 heterocycles. The van der Waals surface area contributed by atoms with Crippen molar-refractivity contribution in [3.8, 4) is 0 Å². The van der Waals surface area contributed by atoms with Gasteiger partial charge in [0.15, 0.2) is 5.58 Å². The van der Waals surface area contributed by atoms with Crippen LogP contribution < -0.4 is 16.8 Å². The molecule has 7 nitrogen and oxygen atoms in total. The summed E-state index contributed by atoms with van der Waals surface area (Å²) in [5.41, 5.74) is 8.96. The number of nitrogens with zero attached hydrogens (tertiary/aromatic N) is 1. The Labute approximate surface area is 113 Å². The topological polar surface area (TPSA) is 110 Å². The van der Waals surface area contributed by atoms with E-state index in [4.69, 9.17) is 14.6 Å². The van der Waals surface area contributed by atoms with E-state index in [-0.39, 0.29) is 0 Å². The number of hydrogen-bond donors (Lipinski definition) is 3. The number of nitrogen functional groups attached to an aromatic ring is 1.